The maximum atomic E-state index is 8.95. The van der Waals surface area contributed by atoms with Crippen molar-refractivity contribution in [1.82, 2.24) is 0 Å². The molecule has 3 aromatic carbocycles. The Morgan fingerprint density at radius 3 is 1.92 bits per heavy atom. The molecule has 120 valence electrons. The average Bonchev–Trinajstić information content (AvgIpc) is 2.66. The lowest BCUT2D eigenvalue weighted by atomic mass is 9.98. The Labute approximate surface area is 146 Å². The molecular weight excluding hydrogens is 312 g/mol. The van der Waals surface area contributed by atoms with E-state index in [0.717, 1.165) is 22.3 Å². The monoisotopic (exact) mass is 326 g/mol. The summed E-state index contributed by atoms with van der Waals surface area (Å²) in [6, 6.07) is 21.6. The van der Waals surface area contributed by atoms with Crippen molar-refractivity contribution in [1.29, 1.82) is 10.5 Å². The summed E-state index contributed by atoms with van der Waals surface area (Å²) in [6.07, 6.45) is 3.34. The van der Waals surface area contributed by atoms with Gasteiger partial charge in [0.2, 0.25) is 0 Å². The summed E-state index contributed by atoms with van der Waals surface area (Å²) in [5, 5.41) is 17.7. The first-order valence-corrected chi connectivity index (χ1v) is 7.66. The minimum Gasteiger partial charge on any atom is -0.388 e. The predicted molar refractivity (Wildman–Crippen MR) is 94.5 cm³/mol. The molecule has 0 atom stereocenters. The van der Waals surface area contributed by atoms with Crippen molar-refractivity contribution in [3.63, 3.8) is 0 Å². The van der Waals surface area contributed by atoms with E-state index in [0.29, 0.717) is 17.1 Å². The van der Waals surface area contributed by atoms with Crippen molar-refractivity contribution >= 4 is 0 Å². The average molecular weight is 326 g/mol. The summed E-state index contributed by atoms with van der Waals surface area (Å²) in [5.74, 6) is 0.764. The van der Waals surface area contributed by atoms with Gasteiger partial charge in [-0.05, 0) is 35.7 Å². The molecule has 3 rings (SSSR count). The molecule has 0 aliphatic heterocycles. The van der Waals surface area contributed by atoms with E-state index >= 15 is 0 Å². The molecule has 0 N–H and O–H groups in total. The SMILES string of the molecule is Cc1c(OC#N)ccc(-c2ccc(-c3ccccc3)cc2)c1OC#N. The Kier molecular flexibility index (Phi) is 4.65. The quantitative estimate of drug-likeness (QED) is 0.629. The maximum Gasteiger partial charge on any atom is 0.292 e. The molecule has 0 fully saturated rings. The van der Waals surface area contributed by atoms with Crippen LogP contribution in [-0.4, -0.2) is 0 Å². The van der Waals surface area contributed by atoms with E-state index in [-0.39, 0.29) is 0 Å². The first-order chi connectivity index (χ1) is 12.2. The summed E-state index contributed by atoms with van der Waals surface area (Å²) in [7, 11) is 0. The van der Waals surface area contributed by atoms with Gasteiger partial charge in [-0.15, -0.1) is 10.5 Å². The van der Waals surface area contributed by atoms with Gasteiger partial charge >= 0.3 is 0 Å². The molecule has 0 radical (unpaired) electrons. The number of benzene rings is 3. The normalized spacial score (nSPS) is 9.72. The molecule has 0 aliphatic carbocycles. The van der Waals surface area contributed by atoms with E-state index in [1.807, 2.05) is 42.5 Å². The van der Waals surface area contributed by atoms with Crippen LogP contribution in [-0.2, 0) is 0 Å². The second-order valence-electron chi connectivity index (χ2n) is 5.40. The molecule has 0 aromatic heterocycles. The van der Waals surface area contributed by atoms with Gasteiger partial charge in [0.15, 0.2) is 5.75 Å². The molecule has 4 nitrogen and oxygen atoms in total. The van der Waals surface area contributed by atoms with Gasteiger partial charge < -0.3 is 9.47 Å². The largest absolute Gasteiger partial charge is 0.388 e. The van der Waals surface area contributed by atoms with Crippen molar-refractivity contribution in [3.05, 3.63) is 72.3 Å². The summed E-state index contributed by atoms with van der Waals surface area (Å²) in [6.45, 7) is 1.75. The molecule has 0 amide bonds. The van der Waals surface area contributed by atoms with Crippen LogP contribution in [0, 0.1) is 30.0 Å². The van der Waals surface area contributed by atoms with Crippen LogP contribution in [0.25, 0.3) is 22.3 Å². The molecule has 3 aromatic rings. The Balaban J connectivity index is 2.03. The van der Waals surface area contributed by atoms with Gasteiger partial charge in [0.05, 0.1) is 0 Å². The van der Waals surface area contributed by atoms with Crippen molar-refractivity contribution in [2.45, 2.75) is 6.92 Å². The topological polar surface area (TPSA) is 66.0 Å². The predicted octanol–water partition coefficient (Wildman–Crippen LogP) is 5.05. The molecule has 0 spiro atoms. The number of hydrogen-bond donors (Lipinski definition) is 0. The highest BCUT2D eigenvalue weighted by Gasteiger charge is 2.15. The lowest BCUT2D eigenvalue weighted by Gasteiger charge is -2.12. The number of ether oxygens (including phenoxy) is 2. The van der Waals surface area contributed by atoms with E-state index in [4.69, 9.17) is 20.0 Å². The van der Waals surface area contributed by atoms with Gasteiger partial charge in [-0.25, -0.2) is 0 Å². The molecule has 0 aliphatic rings. The van der Waals surface area contributed by atoms with E-state index in [2.05, 4.69) is 12.1 Å². The third-order valence-electron chi connectivity index (χ3n) is 3.96. The molecule has 0 saturated carbocycles. The highest BCUT2D eigenvalue weighted by Crippen LogP contribution is 2.38. The third kappa shape index (κ3) is 3.29. The van der Waals surface area contributed by atoms with Crippen LogP contribution in [0.15, 0.2) is 66.7 Å². The first-order valence-electron chi connectivity index (χ1n) is 7.66. The van der Waals surface area contributed by atoms with Gasteiger partial charge in [0, 0.05) is 11.1 Å². The van der Waals surface area contributed by atoms with Gasteiger partial charge in [0.1, 0.15) is 5.75 Å². The lowest BCUT2D eigenvalue weighted by Crippen LogP contribution is -1.94. The van der Waals surface area contributed by atoms with Gasteiger partial charge in [0.25, 0.3) is 12.5 Å². The Bertz CT molecular complexity index is 966. The van der Waals surface area contributed by atoms with Crippen LogP contribution in [0.2, 0.25) is 0 Å². The van der Waals surface area contributed by atoms with Crippen molar-refractivity contribution in [2.75, 3.05) is 0 Å². The maximum absolute atomic E-state index is 8.95. The number of hydrogen-bond acceptors (Lipinski definition) is 4. The number of rotatable bonds is 4. The minimum absolute atomic E-state index is 0.373. The molecule has 0 heterocycles. The molecule has 4 heteroatoms. The summed E-state index contributed by atoms with van der Waals surface area (Å²) >= 11 is 0. The van der Waals surface area contributed by atoms with Crippen molar-refractivity contribution in [2.24, 2.45) is 0 Å². The Hall–Kier alpha value is -3.76. The van der Waals surface area contributed by atoms with Gasteiger partial charge in [-0.3, -0.25) is 0 Å². The Morgan fingerprint density at radius 2 is 1.28 bits per heavy atom. The highest BCUT2D eigenvalue weighted by molar-refractivity contribution is 5.76. The summed E-state index contributed by atoms with van der Waals surface area (Å²) in [5.41, 5.74) is 4.53. The van der Waals surface area contributed by atoms with E-state index < -0.39 is 0 Å². The zero-order valence-electron chi connectivity index (χ0n) is 13.6. The fraction of sp³-hybridized carbons (Fsp3) is 0.0476. The van der Waals surface area contributed by atoms with E-state index in [1.165, 1.54) is 0 Å². The van der Waals surface area contributed by atoms with Crippen LogP contribution in [0.3, 0.4) is 0 Å². The van der Waals surface area contributed by atoms with Crippen molar-refractivity contribution < 1.29 is 9.47 Å². The van der Waals surface area contributed by atoms with E-state index in [9.17, 15) is 0 Å². The molecular formula is C21H14N2O2. The van der Waals surface area contributed by atoms with Crippen LogP contribution in [0.1, 0.15) is 5.56 Å². The molecule has 25 heavy (non-hydrogen) atoms. The zero-order chi connectivity index (χ0) is 17.6. The van der Waals surface area contributed by atoms with Crippen LogP contribution >= 0.6 is 0 Å². The number of nitrogens with zero attached hydrogens (tertiary/aromatic N) is 2. The zero-order valence-corrected chi connectivity index (χ0v) is 13.6. The Morgan fingerprint density at radius 1 is 0.680 bits per heavy atom. The summed E-state index contributed by atoms with van der Waals surface area (Å²) in [4.78, 5) is 0. The standard InChI is InChI=1S/C21H14N2O2/c1-15-20(24-13-22)12-11-19(21(15)25-14-23)18-9-7-17(8-10-18)16-5-3-2-4-6-16/h2-12H,1H3. The minimum atomic E-state index is 0.373. The lowest BCUT2D eigenvalue weighted by molar-refractivity contribution is 0.478. The molecule has 0 unspecified atom stereocenters. The summed E-state index contributed by atoms with van der Waals surface area (Å²) < 4.78 is 10.0. The molecule has 0 saturated heterocycles. The second kappa shape index (κ2) is 7.21. The second-order valence-corrected chi connectivity index (χ2v) is 5.40. The van der Waals surface area contributed by atoms with Gasteiger partial charge in [-0.2, -0.15) is 0 Å². The van der Waals surface area contributed by atoms with Crippen LogP contribution in [0.5, 0.6) is 11.5 Å². The smallest absolute Gasteiger partial charge is 0.292 e. The fourth-order valence-corrected chi connectivity index (χ4v) is 2.71. The fourth-order valence-electron chi connectivity index (χ4n) is 2.71. The number of nitriles is 2. The van der Waals surface area contributed by atoms with Crippen LogP contribution < -0.4 is 9.47 Å². The van der Waals surface area contributed by atoms with E-state index in [1.54, 1.807) is 31.6 Å². The van der Waals surface area contributed by atoms with Gasteiger partial charge in [-0.1, -0.05) is 54.6 Å². The first kappa shape index (κ1) is 16.1. The highest BCUT2D eigenvalue weighted by atomic mass is 16.5. The van der Waals surface area contributed by atoms with Crippen LogP contribution in [0.4, 0.5) is 0 Å². The molecule has 0 bridgehead atoms. The third-order valence-corrected chi connectivity index (χ3v) is 3.96. The van der Waals surface area contributed by atoms with Crippen molar-refractivity contribution in [3.8, 4) is 46.3 Å².